The first-order valence-electron chi connectivity index (χ1n) is 17.7. The Morgan fingerprint density at radius 3 is 2.55 bits per heavy atom. The van der Waals surface area contributed by atoms with Crippen LogP contribution in [0.25, 0.3) is 0 Å². The summed E-state index contributed by atoms with van der Waals surface area (Å²) in [6.07, 6.45) is 12.1. The Morgan fingerprint density at radius 2 is 1.83 bits per heavy atom. The minimum absolute atomic E-state index is 0.0879. The number of hydrogen-bond acceptors (Lipinski definition) is 6. The number of ether oxygens (including phenoxy) is 2. The van der Waals surface area contributed by atoms with E-state index in [0.717, 1.165) is 32.1 Å². The number of carbonyl (C=O) groups is 2. The highest BCUT2D eigenvalue weighted by atomic mass is 35.5. The molecule has 3 saturated carbocycles. The topological polar surface area (TPSA) is 96.3 Å². The summed E-state index contributed by atoms with van der Waals surface area (Å²) in [4.78, 5) is 29.5. The van der Waals surface area contributed by atoms with Gasteiger partial charge < -0.3 is 24.6 Å². The Labute approximate surface area is 282 Å². The molecule has 4 fully saturated rings. The van der Waals surface area contributed by atoms with Gasteiger partial charge in [0.25, 0.3) is 0 Å². The fraction of sp³-hybridized carbons (Fsp3) is 0.684. The van der Waals surface area contributed by atoms with E-state index >= 15 is 4.39 Å². The molecule has 7 nitrogen and oxygen atoms in total. The number of rotatable bonds is 8. The zero-order valence-corrected chi connectivity index (χ0v) is 28.7. The maximum Gasteiger partial charge on any atom is 0.409 e. The van der Waals surface area contributed by atoms with Crippen LogP contribution in [0.15, 0.2) is 42.0 Å². The summed E-state index contributed by atoms with van der Waals surface area (Å²) in [7, 11) is 0. The van der Waals surface area contributed by atoms with Gasteiger partial charge in [-0.1, -0.05) is 49.7 Å². The highest BCUT2D eigenvalue weighted by molar-refractivity contribution is 6.31. The lowest BCUT2D eigenvalue weighted by Gasteiger charge is -2.71. The Bertz CT molecular complexity index is 1490. The molecular weight excluding hydrogens is 621 g/mol. The van der Waals surface area contributed by atoms with Crippen molar-refractivity contribution >= 4 is 23.5 Å². The van der Waals surface area contributed by atoms with Gasteiger partial charge in [-0.05, 0) is 94.1 Å². The first-order valence-corrected chi connectivity index (χ1v) is 18.0. The van der Waals surface area contributed by atoms with Gasteiger partial charge >= 0.3 is 6.09 Å². The maximum atomic E-state index is 15.1. The smallest absolute Gasteiger partial charge is 0.409 e. The highest BCUT2D eigenvalue weighted by Gasteiger charge is 2.74. The van der Waals surface area contributed by atoms with E-state index in [0.29, 0.717) is 44.4 Å². The number of hydrogen-bond donors (Lipinski definition) is 2. The molecule has 7 aliphatic rings. The largest absolute Gasteiger partial charge is 0.450 e. The standard InChI is InChI=1S/C38H49ClFNO6/c1-4-46-33(44)41(22-25-7-6-18-47-25)23-37(45)15-12-32-35(37,3)14-11-31-34(2)13-10-24(42)20-36(34)16-17-38(31,32)27(21-36)30(43)19-26-28(39)8-5-9-29(26)40/h5,8-9,16-17,21,24-25,31-32,42,45H,4,6-7,10-15,18-20,22-23H2,1-3H3. The molecule has 0 aromatic heterocycles. The van der Waals surface area contributed by atoms with Crippen LogP contribution in [0.3, 0.4) is 0 Å². The molecule has 8 rings (SSSR count). The number of ketones is 1. The molecule has 256 valence electrons. The van der Waals surface area contributed by atoms with Gasteiger partial charge in [-0.15, -0.1) is 0 Å². The number of amides is 1. The minimum atomic E-state index is -1.21. The van der Waals surface area contributed by atoms with Gasteiger partial charge in [0.05, 0.1) is 37.5 Å². The zero-order chi connectivity index (χ0) is 33.4. The number of Topliss-reactive ketones (excluding diaryl/α,β-unsaturated/α-hetero) is 1. The summed E-state index contributed by atoms with van der Waals surface area (Å²) in [6, 6.07) is 4.50. The third-order valence-corrected chi connectivity index (χ3v) is 14.2. The molecule has 2 N–H and O–H groups in total. The molecular formula is C38H49ClFNO6. The molecule has 9 unspecified atom stereocenters. The molecule has 1 amide bonds. The van der Waals surface area contributed by atoms with Crippen molar-refractivity contribution in [3.63, 3.8) is 0 Å². The lowest BCUT2D eigenvalue weighted by Crippen LogP contribution is -2.67. The molecule has 47 heavy (non-hydrogen) atoms. The molecule has 1 aromatic rings. The van der Waals surface area contributed by atoms with Crippen LogP contribution in [-0.4, -0.2) is 71.1 Å². The second-order valence-electron chi connectivity index (χ2n) is 15.8. The monoisotopic (exact) mass is 669 g/mol. The third kappa shape index (κ3) is 4.82. The molecule has 1 aliphatic heterocycles. The van der Waals surface area contributed by atoms with Crippen molar-refractivity contribution in [1.29, 1.82) is 0 Å². The number of aliphatic hydroxyl groups is 2. The summed E-state index contributed by atoms with van der Waals surface area (Å²) < 4.78 is 26.4. The molecule has 2 bridgehead atoms. The van der Waals surface area contributed by atoms with Crippen LogP contribution in [0.2, 0.25) is 5.02 Å². The Morgan fingerprint density at radius 1 is 1.09 bits per heavy atom. The predicted octanol–water partition coefficient (Wildman–Crippen LogP) is 6.82. The van der Waals surface area contributed by atoms with Crippen LogP contribution < -0.4 is 0 Å². The van der Waals surface area contributed by atoms with Crippen molar-refractivity contribution in [3.8, 4) is 0 Å². The van der Waals surface area contributed by atoms with Crippen LogP contribution >= 0.6 is 11.6 Å². The van der Waals surface area contributed by atoms with E-state index in [-0.39, 0.29) is 59.3 Å². The summed E-state index contributed by atoms with van der Waals surface area (Å²) in [5.41, 5.74) is -2.29. The van der Waals surface area contributed by atoms with Gasteiger partial charge in [-0.2, -0.15) is 0 Å². The number of halogens is 2. The van der Waals surface area contributed by atoms with Gasteiger partial charge in [0.1, 0.15) is 5.82 Å². The van der Waals surface area contributed by atoms with Crippen LogP contribution in [0.4, 0.5) is 9.18 Å². The van der Waals surface area contributed by atoms with Crippen molar-refractivity contribution in [1.82, 2.24) is 4.90 Å². The molecule has 1 saturated heterocycles. The van der Waals surface area contributed by atoms with E-state index in [9.17, 15) is 19.8 Å². The summed E-state index contributed by atoms with van der Waals surface area (Å²) in [6.45, 7) is 7.68. The normalized spacial score (nSPS) is 41.6. The van der Waals surface area contributed by atoms with E-state index in [4.69, 9.17) is 21.1 Å². The third-order valence-electron chi connectivity index (χ3n) is 13.8. The Kier molecular flexibility index (Phi) is 8.26. The molecule has 2 spiro atoms. The molecule has 9 atom stereocenters. The van der Waals surface area contributed by atoms with Crippen molar-refractivity contribution in [2.75, 3.05) is 26.3 Å². The minimum Gasteiger partial charge on any atom is -0.450 e. The summed E-state index contributed by atoms with van der Waals surface area (Å²) >= 11 is 6.44. The molecule has 1 aromatic carbocycles. The number of aliphatic hydroxyl groups excluding tert-OH is 1. The Balaban J connectivity index is 1.29. The summed E-state index contributed by atoms with van der Waals surface area (Å²) in [5.74, 6) is -0.628. The van der Waals surface area contributed by atoms with Crippen LogP contribution in [0, 0.1) is 39.3 Å². The van der Waals surface area contributed by atoms with Crippen LogP contribution in [0.5, 0.6) is 0 Å². The van der Waals surface area contributed by atoms with E-state index in [1.807, 2.05) is 0 Å². The average Bonchev–Trinajstić information content (AvgIpc) is 3.64. The SMILES string of the molecule is CCOC(=O)N(CC1CCCO1)CC1(O)CCC2C34C=CC5(C=C3C(=O)Cc3c(F)cccc3Cl)CC(O)CCC5(C)C4CCC21C. The number of fused-ring (bicyclic) bond motifs is 1. The highest BCUT2D eigenvalue weighted by Crippen LogP contribution is 2.78. The van der Waals surface area contributed by atoms with E-state index in [1.54, 1.807) is 24.0 Å². The van der Waals surface area contributed by atoms with E-state index < -0.39 is 39.9 Å². The number of benzene rings is 1. The first-order chi connectivity index (χ1) is 22.3. The predicted molar refractivity (Wildman–Crippen MR) is 176 cm³/mol. The van der Waals surface area contributed by atoms with E-state index in [1.165, 1.54) is 6.07 Å². The molecule has 6 aliphatic carbocycles. The van der Waals surface area contributed by atoms with Gasteiger partial charge in [0.15, 0.2) is 5.78 Å². The molecule has 0 radical (unpaired) electrons. The first kappa shape index (κ1) is 33.2. The Hall–Kier alpha value is -2.26. The second kappa shape index (κ2) is 11.7. The van der Waals surface area contributed by atoms with Crippen LogP contribution in [0.1, 0.15) is 84.1 Å². The van der Waals surface area contributed by atoms with Crippen molar-refractivity contribution in [2.24, 2.45) is 33.5 Å². The van der Waals surface area contributed by atoms with Crippen LogP contribution in [-0.2, 0) is 20.7 Å². The van der Waals surface area contributed by atoms with Crippen molar-refractivity contribution < 1.29 is 33.7 Å². The molecule has 9 heteroatoms. The van der Waals surface area contributed by atoms with Gasteiger partial charge in [-0.25, -0.2) is 9.18 Å². The fourth-order valence-corrected chi connectivity index (χ4v) is 11.6. The number of allylic oxidation sites excluding steroid dienone is 4. The zero-order valence-electron chi connectivity index (χ0n) is 27.9. The number of carbonyl (C=O) groups excluding carboxylic acids is 2. The average molecular weight is 670 g/mol. The van der Waals surface area contributed by atoms with Crippen molar-refractivity contribution in [2.45, 2.75) is 103 Å². The van der Waals surface area contributed by atoms with Crippen molar-refractivity contribution in [3.05, 3.63) is 58.4 Å². The fourth-order valence-electron chi connectivity index (χ4n) is 11.4. The maximum absolute atomic E-state index is 15.1. The van der Waals surface area contributed by atoms with Gasteiger partial charge in [0.2, 0.25) is 0 Å². The lowest BCUT2D eigenvalue weighted by molar-refractivity contribution is -0.178. The quantitative estimate of drug-likeness (QED) is 0.295. The van der Waals surface area contributed by atoms with Gasteiger partial charge in [-0.3, -0.25) is 4.79 Å². The lowest BCUT2D eigenvalue weighted by atomic mass is 9.32. The van der Waals surface area contributed by atoms with Gasteiger partial charge in [0, 0.05) is 45.4 Å². The second-order valence-corrected chi connectivity index (χ2v) is 16.2. The summed E-state index contributed by atoms with van der Waals surface area (Å²) in [5, 5.41) is 23.9. The van der Waals surface area contributed by atoms with E-state index in [2.05, 4.69) is 32.1 Å². The number of nitrogens with zero attached hydrogens (tertiary/aromatic N) is 1. The molecule has 1 heterocycles.